The fraction of sp³-hybridized carbons (Fsp3) is 0.364. The summed E-state index contributed by atoms with van der Waals surface area (Å²) in [5.41, 5.74) is 4.12. The van der Waals surface area contributed by atoms with E-state index in [9.17, 15) is 0 Å². The molecule has 0 N–H and O–H groups in total. The molecule has 0 saturated heterocycles. The molecule has 3 aliphatic rings. The summed E-state index contributed by atoms with van der Waals surface area (Å²) >= 11 is 0. The second-order valence-electron chi connectivity index (χ2n) is 4.42. The summed E-state index contributed by atoms with van der Waals surface area (Å²) in [6.45, 7) is 7.08. The smallest absolute Gasteiger partial charge is 0.116 e. The van der Waals surface area contributed by atoms with E-state index in [1.165, 1.54) is 17.0 Å². The first-order valence-electron chi connectivity index (χ1n) is 4.92. The van der Waals surface area contributed by atoms with Crippen molar-refractivity contribution >= 4 is 13.8 Å². The van der Waals surface area contributed by atoms with Crippen LogP contribution in [0.3, 0.4) is 0 Å². The highest BCUT2D eigenvalue weighted by molar-refractivity contribution is 6.99. The van der Waals surface area contributed by atoms with Crippen LogP contribution in [0.15, 0.2) is 38.8 Å². The van der Waals surface area contributed by atoms with Crippen LogP contribution in [0.1, 0.15) is 13.3 Å². The van der Waals surface area contributed by atoms with Gasteiger partial charge in [-0.1, -0.05) is 26.1 Å². The van der Waals surface area contributed by atoms with E-state index in [0.717, 1.165) is 6.42 Å². The summed E-state index contributed by atoms with van der Waals surface area (Å²) in [7, 11) is -1.19. The van der Waals surface area contributed by atoms with Gasteiger partial charge in [0.05, 0.1) is 5.70 Å². The van der Waals surface area contributed by atoms with E-state index in [-0.39, 0.29) is 0 Å². The second kappa shape index (κ2) is 1.95. The third-order valence-electron chi connectivity index (χ3n) is 3.36. The number of allylic oxidation sites excluding steroid dienone is 4. The molecule has 3 rings (SSSR count). The standard InChI is InChI=1S/C11H13NSi/c1-4-7-11-10-8(12-7)5-6-9(10)13(11,2)3/h5-6H,4H2,1-3H3. The summed E-state index contributed by atoms with van der Waals surface area (Å²) in [5, 5.41) is 3.27. The number of hydrogen-bond donors (Lipinski definition) is 0. The van der Waals surface area contributed by atoms with Gasteiger partial charge in [0, 0.05) is 11.3 Å². The predicted octanol–water partition coefficient (Wildman–Crippen LogP) is 2.77. The Hall–Kier alpha value is -0.893. The Labute approximate surface area is 79.6 Å². The molecule has 2 heterocycles. The first-order chi connectivity index (χ1) is 6.16. The van der Waals surface area contributed by atoms with E-state index in [1.807, 2.05) is 0 Å². The minimum Gasteiger partial charge on any atom is -0.253 e. The maximum Gasteiger partial charge on any atom is 0.116 e. The van der Waals surface area contributed by atoms with Gasteiger partial charge in [0.15, 0.2) is 0 Å². The van der Waals surface area contributed by atoms with E-state index in [0.29, 0.717) is 0 Å². The van der Waals surface area contributed by atoms with Crippen molar-refractivity contribution in [3.05, 3.63) is 33.8 Å². The average molecular weight is 187 g/mol. The van der Waals surface area contributed by atoms with Crippen LogP contribution in [0.2, 0.25) is 13.1 Å². The molecule has 0 aromatic carbocycles. The van der Waals surface area contributed by atoms with Crippen molar-refractivity contribution in [2.75, 3.05) is 0 Å². The number of rotatable bonds is 1. The van der Waals surface area contributed by atoms with Gasteiger partial charge in [-0.15, -0.1) is 0 Å². The van der Waals surface area contributed by atoms with Gasteiger partial charge in [0.25, 0.3) is 0 Å². The molecule has 0 aromatic rings. The van der Waals surface area contributed by atoms with Crippen LogP contribution in [0.25, 0.3) is 0 Å². The fourth-order valence-corrected chi connectivity index (χ4v) is 5.99. The molecular formula is C11H13NSi. The van der Waals surface area contributed by atoms with Crippen LogP contribution in [-0.4, -0.2) is 13.8 Å². The van der Waals surface area contributed by atoms with Gasteiger partial charge < -0.3 is 0 Å². The first kappa shape index (κ1) is 7.51. The minimum absolute atomic E-state index is 1.10. The Morgan fingerprint density at radius 1 is 1.31 bits per heavy atom. The molecular weight excluding hydrogens is 174 g/mol. The molecule has 1 nitrogen and oxygen atoms in total. The van der Waals surface area contributed by atoms with E-state index >= 15 is 0 Å². The van der Waals surface area contributed by atoms with Crippen LogP contribution in [0.4, 0.5) is 0 Å². The summed E-state index contributed by atoms with van der Waals surface area (Å²) in [6.07, 6.45) is 5.57. The summed E-state index contributed by atoms with van der Waals surface area (Å²) in [4.78, 5) is 4.67. The zero-order valence-electron chi connectivity index (χ0n) is 8.31. The van der Waals surface area contributed by atoms with Crippen LogP contribution >= 0.6 is 0 Å². The Morgan fingerprint density at radius 2 is 2.08 bits per heavy atom. The van der Waals surface area contributed by atoms with Gasteiger partial charge in [0.2, 0.25) is 0 Å². The molecule has 0 bridgehead atoms. The van der Waals surface area contributed by atoms with Gasteiger partial charge in [-0.25, -0.2) is 0 Å². The molecule has 1 aliphatic carbocycles. The zero-order valence-corrected chi connectivity index (χ0v) is 9.31. The number of aliphatic imine (C=N–C) groups is 1. The normalized spacial score (nSPS) is 26.5. The Kier molecular flexibility index (Phi) is 1.13. The maximum atomic E-state index is 4.67. The van der Waals surface area contributed by atoms with Crippen molar-refractivity contribution in [1.29, 1.82) is 0 Å². The van der Waals surface area contributed by atoms with E-state index < -0.39 is 8.07 Å². The quantitative estimate of drug-likeness (QED) is 0.560. The van der Waals surface area contributed by atoms with E-state index in [1.54, 1.807) is 10.4 Å². The largest absolute Gasteiger partial charge is 0.253 e. The van der Waals surface area contributed by atoms with Crippen molar-refractivity contribution < 1.29 is 0 Å². The van der Waals surface area contributed by atoms with Gasteiger partial charge >= 0.3 is 0 Å². The second-order valence-corrected chi connectivity index (χ2v) is 8.71. The van der Waals surface area contributed by atoms with Crippen molar-refractivity contribution in [3.63, 3.8) is 0 Å². The molecule has 0 spiro atoms. The lowest BCUT2D eigenvalue weighted by molar-refractivity contribution is 1.27. The van der Waals surface area contributed by atoms with Crippen molar-refractivity contribution in [2.45, 2.75) is 26.4 Å². The summed E-state index contributed by atoms with van der Waals surface area (Å²) in [5.74, 6) is 0. The minimum atomic E-state index is -1.19. The van der Waals surface area contributed by atoms with Crippen LogP contribution in [0, 0.1) is 0 Å². The van der Waals surface area contributed by atoms with Gasteiger partial charge in [-0.3, -0.25) is 4.99 Å². The lowest BCUT2D eigenvalue weighted by Gasteiger charge is -2.37. The highest BCUT2D eigenvalue weighted by Gasteiger charge is 2.50. The molecule has 0 saturated carbocycles. The highest BCUT2D eigenvalue weighted by atomic mass is 28.3. The number of nitrogens with zero attached hydrogens (tertiary/aromatic N) is 1. The Bertz CT molecular complexity index is 433. The monoisotopic (exact) mass is 187 g/mol. The third kappa shape index (κ3) is 0.634. The number of hydrogen-bond acceptors (Lipinski definition) is 1. The molecule has 0 amide bonds. The van der Waals surface area contributed by atoms with Crippen LogP contribution < -0.4 is 0 Å². The zero-order chi connectivity index (χ0) is 9.22. The van der Waals surface area contributed by atoms with Crippen molar-refractivity contribution in [1.82, 2.24) is 0 Å². The van der Waals surface area contributed by atoms with Crippen molar-refractivity contribution in [2.24, 2.45) is 4.99 Å². The molecule has 0 atom stereocenters. The molecule has 2 aliphatic heterocycles. The molecule has 0 fully saturated rings. The van der Waals surface area contributed by atoms with Crippen LogP contribution in [0.5, 0.6) is 0 Å². The molecule has 13 heavy (non-hydrogen) atoms. The lowest BCUT2D eigenvalue weighted by atomic mass is 10.2. The van der Waals surface area contributed by atoms with Gasteiger partial charge in [-0.05, 0) is 22.9 Å². The summed E-state index contributed by atoms with van der Waals surface area (Å²) in [6, 6.07) is 0. The molecule has 0 unspecified atom stereocenters. The summed E-state index contributed by atoms with van der Waals surface area (Å²) < 4.78 is 0. The topological polar surface area (TPSA) is 12.4 Å². The highest BCUT2D eigenvalue weighted by Crippen LogP contribution is 2.53. The average Bonchev–Trinajstić information content (AvgIpc) is 2.54. The fourth-order valence-electron chi connectivity index (χ4n) is 2.69. The van der Waals surface area contributed by atoms with E-state index in [2.05, 4.69) is 37.2 Å². The molecule has 0 radical (unpaired) electrons. The molecule has 66 valence electrons. The van der Waals surface area contributed by atoms with Crippen molar-refractivity contribution in [3.8, 4) is 0 Å². The molecule has 0 aromatic heterocycles. The Balaban J connectivity index is 2.25. The third-order valence-corrected chi connectivity index (χ3v) is 6.91. The maximum absolute atomic E-state index is 4.67. The lowest BCUT2D eigenvalue weighted by Crippen LogP contribution is -2.44. The SMILES string of the molecule is CCC1=NC2=CC=C3C2=C1[Si]3(C)C. The van der Waals surface area contributed by atoms with E-state index in [4.69, 9.17) is 0 Å². The first-order valence-corrected chi connectivity index (χ1v) is 7.92. The predicted molar refractivity (Wildman–Crippen MR) is 58.4 cm³/mol. The Morgan fingerprint density at radius 3 is 2.77 bits per heavy atom. The molecule has 2 heteroatoms. The van der Waals surface area contributed by atoms with Gasteiger partial charge in [-0.2, -0.15) is 0 Å². The van der Waals surface area contributed by atoms with Crippen LogP contribution in [-0.2, 0) is 0 Å². The van der Waals surface area contributed by atoms with Gasteiger partial charge in [0.1, 0.15) is 8.07 Å².